The van der Waals surface area contributed by atoms with Crippen LogP contribution < -0.4 is 0 Å². The van der Waals surface area contributed by atoms with Gasteiger partial charge in [-0.3, -0.25) is 4.79 Å². The lowest BCUT2D eigenvalue weighted by molar-refractivity contribution is -0.120. The van der Waals surface area contributed by atoms with Gasteiger partial charge >= 0.3 is 0 Å². The molecule has 0 radical (unpaired) electrons. The minimum atomic E-state index is -0.186. The largest absolute Gasteiger partial charge is 0.339 e. The minimum Gasteiger partial charge on any atom is -0.339 e. The number of carbonyl (C=O) groups excluding carboxylic acids is 1. The summed E-state index contributed by atoms with van der Waals surface area (Å²) in [6, 6.07) is 10.0. The Bertz CT molecular complexity index is 577. The summed E-state index contributed by atoms with van der Waals surface area (Å²) in [7, 11) is 0. The van der Waals surface area contributed by atoms with Crippen molar-refractivity contribution in [2.45, 2.75) is 44.4 Å². The summed E-state index contributed by atoms with van der Waals surface area (Å²) in [5.74, 6) is 1.22. The number of benzene rings is 1. The van der Waals surface area contributed by atoms with Crippen LogP contribution in [-0.4, -0.2) is 15.9 Å². The third-order valence-electron chi connectivity index (χ3n) is 3.79. The van der Waals surface area contributed by atoms with E-state index in [0.717, 1.165) is 31.2 Å². The van der Waals surface area contributed by atoms with Crippen LogP contribution >= 0.6 is 0 Å². The average Bonchev–Trinajstić information content (AvgIpc) is 2.81. The predicted molar refractivity (Wildman–Crippen MR) is 74.4 cm³/mol. The Morgan fingerprint density at radius 1 is 1.15 bits per heavy atom. The van der Waals surface area contributed by atoms with Crippen molar-refractivity contribution in [2.75, 3.05) is 0 Å². The molecule has 0 bridgehead atoms. The summed E-state index contributed by atoms with van der Waals surface area (Å²) in [6.45, 7) is 0. The monoisotopic (exact) mass is 270 g/mol. The maximum atomic E-state index is 12.1. The first kappa shape index (κ1) is 13.0. The van der Waals surface area contributed by atoms with Crippen molar-refractivity contribution in [3.05, 3.63) is 47.6 Å². The third kappa shape index (κ3) is 2.95. The van der Waals surface area contributed by atoms with Crippen molar-refractivity contribution in [1.82, 2.24) is 10.1 Å². The summed E-state index contributed by atoms with van der Waals surface area (Å²) >= 11 is 0. The van der Waals surface area contributed by atoms with Crippen LogP contribution in [0, 0.1) is 0 Å². The van der Waals surface area contributed by atoms with Gasteiger partial charge in [-0.05, 0) is 18.4 Å². The van der Waals surface area contributed by atoms with Gasteiger partial charge < -0.3 is 4.52 Å². The Balaban J connectivity index is 1.74. The number of hydrogen-bond acceptors (Lipinski definition) is 4. The zero-order chi connectivity index (χ0) is 13.8. The van der Waals surface area contributed by atoms with E-state index in [1.807, 2.05) is 30.3 Å². The van der Waals surface area contributed by atoms with Crippen molar-refractivity contribution in [1.29, 1.82) is 0 Å². The predicted octanol–water partition coefficient (Wildman–Crippen LogP) is 3.28. The minimum absolute atomic E-state index is 0.186. The van der Waals surface area contributed by atoms with E-state index in [-0.39, 0.29) is 11.7 Å². The van der Waals surface area contributed by atoms with Gasteiger partial charge in [0.1, 0.15) is 5.78 Å². The van der Waals surface area contributed by atoms with E-state index < -0.39 is 0 Å². The van der Waals surface area contributed by atoms with Crippen LogP contribution in [0.5, 0.6) is 0 Å². The molecule has 1 aliphatic rings. The number of carbonyl (C=O) groups is 1. The van der Waals surface area contributed by atoms with Crippen molar-refractivity contribution < 1.29 is 9.32 Å². The summed E-state index contributed by atoms with van der Waals surface area (Å²) in [6.07, 6.45) is 5.29. The van der Waals surface area contributed by atoms with Crippen LogP contribution in [0.3, 0.4) is 0 Å². The lowest BCUT2D eigenvalue weighted by Gasteiger charge is -2.06. The Morgan fingerprint density at radius 2 is 2.00 bits per heavy atom. The van der Waals surface area contributed by atoms with E-state index in [9.17, 15) is 4.79 Å². The molecule has 1 fully saturated rings. The molecular weight excluding hydrogens is 252 g/mol. The van der Waals surface area contributed by atoms with Crippen molar-refractivity contribution in [3.8, 4) is 0 Å². The van der Waals surface area contributed by atoms with Gasteiger partial charge in [-0.15, -0.1) is 0 Å². The lowest BCUT2D eigenvalue weighted by atomic mass is 9.99. The SMILES string of the molecule is O=C1CCCCCC1c1nc(Cc2ccccc2)no1. The van der Waals surface area contributed by atoms with Crippen LogP contribution in [-0.2, 0) is 11.2 Å². The number of nitrogens with zero attached hydrogens (tertiary/aromatic N) is 2. The van der Waals surface area contributed by atoms with Gasteiger partial charge in [0.15, 0.2) is 5.82 Å². The molecule has 1 atom stereocenters. The Hall–Kier alpha value is -1.97. The highest BCUT2D eigenvalue weighted by molar-refractivity contribution is 5.84. The average molecular weight is 270 g/mol. The zero-order valence-electron chi connectivity index (χ0n) is 11.4. The van der Waals surface area contributed by atoms with E-state index in [1.165, 1.54) is 0 Å². The maximum Gasteiger partial charge on any atom is 0.237 e. The highest BCUT2D eigenvalue weighted by atomic mass is 16.5. The second-order valence-electron chi connectivity index (χ2n) is 5.33. The number of Topliss-reactive ketones (excluding diaryl/α,β-unsaturated/α-hetero) is 1. The summed E-state index contributed by atoms with van der Waals surface area (Å²) < 4.78 is 5.32. The fraction of sp³-hybridized carbons (Fsp3) is 0.438. The molecular formula is C16H18N2O2. The van der Waals surface area contributed by atoms with E-state index in [4.69, 9.17) is 4.52 Å². The molecule has 1 aliphatic carbocycles. The first-order valence-electron chi connectivity index (χ1n) is 7.22. The molecule has 0 spiro atoms. The maximum absolute atomic E-state index is 12.1. The van der Waals surface area contributed by atoms with Gasteiger partial charge in [-0.25, -0.2) is 0 Å². The molecule has 20 heavy (non-hydrogen) atoms. The van der Waals surface area contributed by atoms with Crippen molar-refractivity contribution in [2.24, 2.45) is 0 Å². The van der Waals surface area contributed by atoms with Crippen LogP contribution in [0.2, 0.25) is 0 Å². The van der Waals surface area contributed by atoms with Crippen LogP contribution in [0.15, 0.2) is 34.9 Å². The summed E-state index contributed by atoms with van der Waals surface area (Å²) in [5.41, 5.74) is 1.15. The first-order valence-corrected chi connectivity index (χ1v) is 7.22. The molecule has 0 saturated heterocycles. The van der Waals surface area contributed by atoms with Gasteiger partial charge in [-0.2, -0.15) is 4.98 Å². The normalized spacial score (nSPS) is 19.8. The number of rotatable bonds is 3. The van der Waals surface area contributed by atoms with E-state index in [1.54, 1.807) is 0 Å². The summed E-state index contributed by atoms with van der Waals surface area (Å²) in [4.78, 5) is 16.5. The van der Waals surface area contributed by atoms with Gasteiger partial charge in [0, 0.05) is 12.8 Å². The molecule has 3 rings (SSSR count). The van der Waals surface area contributed by atoms with E-state index >= 15 is 0 Å². The quantitative estimate of drug-likeness (QED) is 0.803. The Kier molecular flexibility index (Phi) is 3.90. The van der Waals surface area contributed by atoms with Crippen LogP contribution in [0.1, 0.15) is 55.3 Å². The molecule has 2 aromatic rings. The fourth-order valence-corrected chi connectivity index (χ4v) is 2.68. The van der Waals surface area contributed by atoms with Gasteiger partial charge in [-0.1, -0.05) is 48.3 Å². The molecule has 1 heterocycles. The Labute approximate surface area is 118 Å². The molecule has 0 amide bonds. The van der Waals surface area contributed by atoms with Crippen LogP contribution in [0.4, 0.5) is 0 Å². The van der Waals surface area contributed by atoms with Gasteiger partial charge in [0.25, 0.3) is 0 Å². The molecule has 0 aliphatic heterocycles. The van der Waals surface area contributed by atoms with Crippen LogP contribution in [0.25, 0.3) is 0 Å². The van der Waals surface area contributed by atoms with E-state index in [0.29, 0.717) is 24.6 Å². The topological polar surface area (TPSA) is 56.0 Å². The molecule has 104 valence electrons. The molecule has 0 N–H and O–H groups in total. The molecule has 1 unspecified atom stereocenters. The second kappa shape index (κ2) is 5.99. The third-order valence-corrected chi connectivity index (χ3v) is 3.79. The van der Waals surface area contributed by atoms with E-state index in [2.05, 4.69) is 10.1 Å². The molecule has 1 saturated carbocycles. The molecule has 1 aromatic heterocycles. The standard InChI is InChI=1S/C16H18N2O2/c19-14-10-6-2-5-9-13(14)16-17-15(18-20-16)11-12-7-3-1-4-8-12/h1,3-4,7-8,13H,2,5-6,9-11H2. The lowest BCUT2D eigenvalue weighted by Crippen LogP contribution is -2.10. The molecule has 1 aromatic carbocycles. The first-order chi connectivity index (χ1) is 9.83. The zero-order valence-corrected chi connectivity index (χ0v) is 11.4. The second-order valence-corrected chi connectivity index (χ2v) is 5.33. The van der Waals surface area contributed by atoms with Gasteiger partial charge in [0.2, 0.25) is 5.89 Å². The highest BCUT2D eigenvalue weighted by Crippen LogP contribution is 2.28. The fourth-order valence-electron chi connectivity index (χ4n) is 2.68. The molecule has 4 nitrogen and oxygen atoms in total. The number of aromatic nitrogens is 2. The van der Waals surface area contributed by atoms with Gasteiger partial charge in [0.05, 0.1) is 5.92 Å². The number of hydrogen-bond donors (Lipinski definition) is 0. The Morgan fingerprint density at radius 3 is 2.85 bits per heavy atom. The number of ketones is 1. The summed E-state index contributed by atoms with van der Waals surface area (Å²) in [5, 5.41) is 4.01. The molecule has 4 heteroatoms. The highest BCUT2D eigenvalue weighted by Gasteiger charge is 2.27. The van der Waals surface area contributed by atoms with Crippen molar-refractivity contribution >= 4 is 5.78 Å². The smallest absolute Gasteiger partial charge is 0.237 e. The van der Waals surface area contributed by atoms with Crippen molar-refractivity contribution in [3.63, 3.8) is 0 Å².